The van der Waals surface area contributed by atoms with Crippen LogP contribution in [-0.4, -0.2) is 16.9 Å². The predicted octanol–water partition coefficient (Wildman–Crippen LogP) is 3.98. The molecule has 0 N–H and O–H groups in total. The van der Waals surface area contributed by atoms with Gasteiger partial charge in [0.1, 0.15) is 17.3 Å². The van der Waals surface area contributed by atoms with Crippen LogP contribution in [0.2, 0.25) is 0 Å². The Balaban J connectivity index is 2.10. The zero-order chi connectivity index (χ0) is 18.4. The molecule has 1 aliphatic carbocycles. The number of hydrogen-bond donors (Lipinski definition) is 0. The molecule has 0 fully saturated rings. The first-order chi connectivity index (χ1) is 11.7. The molecule has 1 aliphatic rings. The van der Waals surface area contributed by atoms with Gasteiger partial charge in [0.2, 0.25) is 0 Å². The van der Waals surface area contributed by atoms with Gasteiger partial charge in [-0.15, -0.1) is 0 Å². The van der Waals surface area contributed by atoms with Crippen molar-refractivity contribution in [1.82, 2.24) is 4.98 Å². The molecule has 3 rings (SSSR count). The molecule has 1 heterocycles. The van der Waals surface area contributed by atoms with E-state index in [1.165, 1.54) is 0 Å². The molecule has 0 radical (unpaired) electrons. The minimum atomic E-state index is -4.94. The van der Waals surface area contributed by atoms with Crippen LogP contribution < -0.4 is 4.74 Å². The van der Waals surface area contributed by atoms with Crippen molar-refractivity contribution < 1.29 is 31.5 Å². The number of halogens is 5. The summed E-state index contributed by atoms with van der Waals surface area (Å²) in [4.78, 5) is 14.9. The zero-order valence-corrected chi connectivity index (χ0v) is 12.2. The van der Waals surface area contributed by atoms with Crippen molar-refractivity contribution in [3.63, 3.8) is 0 Å². The monoisotopic (exact) mass is 354 g/mol. The van der Waals surface area contributed by atoms with Gasteiger partial charge in [0, 0.05) is 18.1 Å². The average Bonchev–Trinajstić information content (AvgIpc) is 2.82. The SMILES string of the molecule is N#Cc1cc(F)cc(Oc2cnc(C(F)(F)F)c3c2CC(F)C3=O)c1. The predicted molar refractivity (Wildman–Crippen MR) is 73.4 cm³/mol. The summed E-state index contributed by atoms with van der Waals surface area (Å²) in [6.07, 6.45) is -6.97. The second kappa shape index (κ2) is 5.81. The van der Waals surface area contributed by atoms with E-state index >= 15 is 0 Å². The van der Waals surface area contributed by atoms with Gasteiger partial charge in [-0.05, 0) is 12.1 Å². The van der Waals surface area contributed by atoms with E-state index in [-0.39, 0.29) is 22.6 Å². The Morgan fingerprint density at radius 3 is 2.64 bits per heavy atom. The molecular formula is C16H7F5N2O2. The lowest BCUT2D eigenvalue weighted by Crippen LogP contribution is -2.17. The van der Waals surface area contributed by atoms with Crippen molar-refractivity contribution in [2.24, 2.45) is 0 Å². The van der Waals surface area contributed by atoms with Gasteiger partial charge in [-0.25, -0.2) is 13.8 Å². The first-order valence-corrected chi connectivity index (χ1v) is 6.86. The first-order valence-electron chi connectivity index (χ1n) is 6.86. The van der Waals surface area contributed by atoms with Crippen LogP contribution in [0.15, 0.2) is 24.4 Å². The van der Waals surface area contributed by atoms with Gasteiger partial charge in [-0.1, -0.05) is 0 Å². The quantitative estimate of drug-likeness (QED) is 0.766. The summed E-state index contributed by atoms with van der Waals surface area (Å²) in [5.74, 6) is -2.61. The number of ether oxygens (including phenoxy) is 1. The molecule has 2 aromatic rings. The van der Waals surface area contributed by atoms with Crippen molar-refractivity contribution >= 4 is 5.78 Å². The maximum absolute atomic E-state index is 13.7. The fraction of sp³-hybridized carbons (Fsp3) is 0.188. The fourth-order valence-corrected chi connectivity index (χ4v) is 2.54. The fourth-order valence-electron chi connectivity index (χ4n) is 2.54. The van der Waals surface area contributed by atoms with E-state index in [9.17, 15) is 26.7 Å². The molecule has 1 aromatic carbocycles. The lowest BCUT2D eigenvalue weighted by atomic mass is 10.1. The number of carbonyl (C=O) groups excluding carboxylic acids is 1. The lowest BCUT2D eigenvalue weighted by Gasteiger charge is -2.14. The van der Waals surface area contributed by atoms with Crippen LogP contribution in [0.3, 0.4) is 0 Å². The summed E-state index contributed by atoms with van der Waals surface area (Å²) in [6.45, 7) is 0. The molecule has 1 unspecified atom stereocenters. The van der Waals surface area contributed by atoms with E-state index in [1.54, 1.807) is 6.07 Å². The Morgan fingerprint density at radius 2 is 2.00 bits per heavy atom. The lowest BCUT2D eigenvalue weighted by molar-refractivity contribution is -0.141. The van der Waals surface area contributed by atoms with E-state index < -0.39 is 41.6 Å². The van der Waals surface area contributed by atoms with Crippen LogP contribution >= 0.6 is 0 Å². The van der Waals surface area contributed by atoms with Crippen LogP contribution in [0, 0.1) is 17.1 Å². The van der Waals surface area contributed by atoms with Crippen molar-refractivity contribution in [2.75, 3.05) is 0 Å². The smallest absolute Gasteiger partial charge is 0.434 e. The minimum Gasteiger partial charge on any atom is -0.455 e. The number of Topliss-reactive ketones (excluding diaryl/α,β-unsaturated/α-hetero) is 1. The third-order valence-corrected chi connectivity index (χ3v) is 3.56. The molecule has 0 amide bonds. The summed E-state index contributed by atoms with van der Waals surface area (Å²) in [5.41, 5.74) is -2.74. The number of carbonyl (C=O) groups is 1. The highest BCUT2D eigenvalue weighted by atomic mass is 19.4. The Bertz CT molecular complexity index is 918. The maximum atomic E-state index is 13.7. The molecule has 9 heteroatoms. The van der Waals surface area contributed by atoms with E-state index in [2.05, 4.69) is 4.98 Å². The summed E-state index contributed by atoms with van der Waals surface area (Å²) in [7, 11) is 0. The number of nitriles is 1. The van der Waals surface area contributed by atoms with Crippen molar-refractivity contribution in [3.8, 4) is 17.6 Å². The molecule has 0 spiro atoms. The van der Waals surface area contributed by atoms with Crippen LogP contribution in [0.4, 0.5) is 22.0 Å². The number of benzene rings is 1. The molecule has 1 aromatic heterocycles. The molecule has 4 nitrogen and oxygen atoms in total. The summed E-state index contributed by atoms with van der Waals surface area (Å²) >= 11 is 0. The van der Waals surface area contributed by atoms with Crippen LogP contribution in [0.5, 0.6) is 11.5 Å². The Kier molecular flexibility index (Phi) is 3.91. The molecule has 0 saturated heterocycles. The number of alkyl halides is 4. The standard InChI is InChI=1S/C16H7F5N2O2/c17-8-1-7(5-22)2-9(3-8)25-12-6-23-15(16(19,20)21)13-10(12)4-11(18)14(13)24/h1-3,6,11H,4H2. The highest BCUT2D eigenvalue weighted by Gasteiger charge is 2.44. The van der Waals surface area contributed by atoms with E-state index in [0.29, 0.717) is 6.20 Å². The van der Waals surface area contributed by atoms with Crippen LogP contribution in [-0.2, 0) is 12.6 Å². The van der Waals surface area contributed by atoms with Gasteiger partial charge in [0.25, 0.3) is 0 Å². The number of nitrogens with zero attached hydrogens (tertiary/aromatic N) is 2. The largest absolute Gasteiger partial charge is 0.455 e. The van der Waals surface area contributed by atoms with Gasteiger partial charge < -0.3 is 4.74 Å². The molecule has 0 aliphatic heterocycles. The van der Waals surface area contributed by atoms with E-state index in [4.69, 9.17) is 10.00 Å². The second-order valence-corrected chi connectivity index (χ2v) is 5.25. The highest BCUT2D eigenvalue weighted by Crippen LogP contribution is 2.41. The Hall–Kier alpha value is -3.02. The van der Waals surface area contributed by atoms with Crippen molar-refractivity contribution in [3.05, 3.63) is 52.6 Å². The minimum absolute atomic E-state index is 0.0778. The maximum Gasteiger partial charge on any atom is 0.434 e. The topological polar surface area (TPSA) is 63.0 Å². The molecule has 0 bridgehead atoms. The summed E-state index contributed by atoms with van der Waals surface area (Å²) in [5, 5.41) is 8.80. The molecular weight excluding hydrogens is 347 g/mol. The number of ketones is 1. The molecule has 0 saturated carbocycles. The van der Waals surface area contributed by atoms with Crippen molar-refractivity contribution in [2.45, 2.75) is 18.8 Å². The Labute approximate surface area is 137 Å². The Morgan fingerprint density at radius 1 is 1.28 bits per heavy atom. The van der Waals surface area contributed by atoms with E-state index in [1.807, 2.05) is 0 Å². The molecule has 128 valence electrons. The van der Waals surface area contributed by atoms with Crippen LogP contribution in [0.1, 0.15) is 27.2 Å². The first kappa shape index (κ1) is 16.8. The molecule has 25 heavy (non-hydrogen) atoms. The van der Waals surface area contributed by atoms with Crippen LogP contribution in [0.25, 0.3) is 0 Å². The van der Waals surface area contributed by atoms with Gasteiger partial charge >= 0.3 is 6.18 Å². The average molecular weight is 354 g/mol. The second-order valence-electron chi connectivity index (χ2n) is 5.25. The zero-order valence-electron chi connectivity index (χ0n) is 12.2. The number of rotatable bonds is 2. The van der Waals surface area contributed by atoms with Gasteiger partial charge in [-0.2, -0.15) is 18.4 Å². The number of fused-ring (bicyclic) bond motifs is 1. The highest BCUT2D eigenvalue weighted by molar-refractivity contribution is 6.05. The normalized spacial score (nSPS) is 16.5. The third-order valence-electron chi connectivity index (χ3n) is 3.56. The van der Waals surface area contributed by atoms with E-state index in [0.717, 1.165) is 18.2 Å². The summed E-state index contributed by atoms with van der Waals surface area (Å²) in [6, 6.07) is 4.67. The number of pyridine rings is 1. The summed E-state index contributed by atoms with van der Waals surface area (Å²) < 4.78 is 71.3. The number of hydrogen-bond acceptors (Lipinski definition) is 4. The van der Waals surface area contributed by atoms with Gasteiger partial charge in [0.05, 0.1) is 23.4 Å². The molecule has 1 atom stereocenters. The third kappa shape index (κ3) is 3.03. The van der Waals surface area contributed by atoms with Gasteiger partial charge in [0.15, 0.2) is 17.6 Å². The van der Waals surface area contributed by atoms with Gasteiger partial charge in [-0.3, -0.25) is 4.79 Å². The van der Waals surface area contributed by atoms with Crippen molar-refractivity contribution in [1.29, 1.82) is 5.26 Å². The number of aromatic nitrogens is 1.